The molecule has 1 saturated heterocycles. The summed E-state index contributed by atoms with van der Waals surface area (Å²) >= 11 is 0. The number of amides is 1. The van der Waals surface area contributed by atoms with Crippen LogP contribution in [-0.4, -0.2) is 52.3 Å². The smallest absolute Gasteiger partial charge is 0.341 e. The minimum Gasteiger partial charge on any atom is -0.378 e. The number of nitrogens with zero attached hydrogens (tertiary/aromatic N) is 2. The first-order valence-electron chi connectivity index (χ1n) is 4.29. The fourth-order valence-corrected chi connectivity index (χ4v) is 1.29. The van der Waals surface area contributed by atoms with Crippen molar-refractivity contribution in [3.63, 3.8) is 0 Å². The van der Waals surface area contributed by atoms with Crippen molar-refractivity contribution in [1.82, 2.24) is 20.1 Å². The molecule has 0 aromatic carbocycles. The van der Waals surface area contributed by atoms with Gasteiger partial charge in [0.25, 0.3) is 5.91 Å². The van der Waals surface area contributed by atoms with E-state index >= 15 is 0 Å². The lowest BCUT2D eigenvalue weighted by atomic mass is 10.4. The van der Waals surface area contributed by atoms with Crippen LogP contribution in [0.2, 0.25) is 0 Å². The fraction of sp³-hybridized carbons (Fsp3) is 0.571. The van der Waals surface area contributed by atoms with Gasteiger partial charge in [0.1, 0.15) is 0 Å². The molecule has 1 aliphatic heterocycles. The molecule has 0 spiro atoms. The van der Waals surface area contributed by atoms with Gasteiger partial charge in [-0.15, -0.1) is 5.10 Å². The molecule has 0 bridgehead atoms. The maximum Gasteiger partial charge on any atom is 0.341 e. The van der Waals surface area contributed by atoms with E-state index in [1.165, 1.54) is 0 Å². The monoisotopic (exact) mass is 198 g/mol. The Morgan fingerprint density at radius 1 is 1.43 bits per heavy atom. The number of hydrogen-bond donors (Lipinski definition) is 2. The highest BCUT2D eigenvalue weighted by atomic mass is 16.5. The first-order valence-corrected chi connectivity index (χ1v) is 4.29. The molecule has 0 unspecified atom stereocenters. The van der Waals surface area contributed by atoms with Gasteiger partial charge in [0.05, 0.1) is 13.2 Å². The van der Waals surface area contributed by atoms with Crippen molar-refractivity contribution in [2.75, 3.05) is 26.3 Å². The molecule has 1 aromatic heterocycles. The third-order valence-corrected chi connectivity index (χ3v) is 2.00. The summed E-state index contributed by atoms with van der Waals surface area (Å²) in [4.78, 5) is 26.3. The van der Waals surface area contributed by atoms with Crippen LogP contribution in [0.1, 0.15) is 10.6 Å². The van der Waals surface area contributed by atoms with Gasteiger partial charge >= 0.3 is 5.69 Å². The molecule has 0 radical (unpaired) electrons. The van der Waals surface area contributed by atoms with E-state index in [1.807, 2.05) is 0 Å². The topological polar surface area (TPSA) is 91.1 Å². The van der Waals surface area contributed by atoms with Crippen molar-refractivity contribution in [1.29, 1.82) is 0 Å². The molecule has 1 aromatic rings. The van der Waals surface area contributed by atoms with E-state index in [-0.39, 0.29) is 11.7 Å². The van der Waals surface area contributed by atoms with Crippen molar-refractivity contribution in [3.05, 3.63) is 16.3 Å². The van der Waals surface area contributed by atoms with Gasteiger partial charge in [-0.2, -0.15) is 0 Å². The molecule has 0 aliphatic carbocycles. The second-order valence-corrected chi connectivity index (χ2v) is 2.93. The molecular formula is C7H10N4O3. The molecule has 7 heteroatoms. The number of ether oxygens (including phenoxy) is 1. The molecule has 1 aliphatic rings. The van der Waals surface area contributed by atoms with Crippen molar-refractivity contribution >= 4 is 5.91 Å². The van der Waals surface area contributed by atoms with E-state index in [0.29, 0.717) is 26.3 Å². The first kappa shape index (κ1) is 8.95. The Kier molecular flexibility index (Phi) is 2.32. The number of H-pyrrole nitrogens is 2. The molecule has 2 heterocycles. The summed E-state index contributed by atoms with van der Waals surface area (Å²) in [5, 5.41) is 5.71. The molecule has 0 atom stereocenters. The first-order chi connectivity index (χ1) is 6.77. The van der Waals surface area contributed by atoms with Crippen LogP contribution in [0.3, 0.4) is 0 Å². The molecule has 1 amide bonds. The van der Waals surface area contributed by atoms with E-state index in [4.69, 9.17) is 4.74 Å². The van der Waals surface area contributed by atoms with Crippen LogP contribution in [0, 0.1) is 0 Å². The van der Waals surface area contributed by atoms with Gasteiger partial charge in [-0.25, -0.2) is 9.89 Å². The number of carbonyl (C=O) groups is 1. The van der Waals surface area contributed by atoms with E-state index < -0.39 is 5.69 Å². The number of rotatable bonds is 1. The molecule has 2 N–H and O–H groups in total. The quantitative estimate of drug-likeness (QED) is 0.578. The lowest BCUT2D eigenvalue weighted by Crippen LogP contribution is -2.41. The van der Waals surface area contributed by atoms with Crippen LogP contribution >= 0.6 is 0 Å². The maximum atomic E-state index is 11.6. The van der Waals surface area contributed by atoms with Crippen molar-refractivity contribution in [2.45, 2.75) is 0 Å². The summed E-state index contributed by atoms with van der Waals surface area (Å²) in [6.45, 7) is 2.13. The fourth-order valence-electron chi connectivity index (χ4n) is 1.29. The van der Waals surface area contributed by atoms with Gasteiger partial charge in [0.2, 0.25) is 5.82 Å². The standard InChI is InChI=1S/C7H10N4O3/c12-6(5-8-7(13)10-9-5)11-1-3-14-4-2-11/h1-4H2,(H2,8,9,10,13). The molecule has 0 saturated carbocycles. The van der Waals surface area contributed by atoms with Crippen LogP contribution < -0.4 is 5.69 Å². The van der Waals surface area contributed by atoms with Crippen molar-refractivity contribution < 1.29 is 9.53 Å². The minimum atomic E-state index is -0.471. The summed E-state index contributed by atoms with van der Waals surface area (Å²) < 4.78 is 5.10. The van der Waals surface area contributed by atoms with Gasteiger partial charge < -0.3 is 9.64 Å². The largest absolute Gasteiger partial charge is 0.378 e. The maximum absolute atomic E-state index is 11.6. The molecule has 14 heavy (non-hydrogen) atoms. The zero-order chi connectivity index (χ0) is 9.97. The van der Waals surface area contributed by atoms with Crippen LogP contribution in [0.15, 0.2) is 4.79 Å². The number of aromatic nitrogens is 3. The van der Waals surface area contributed by atoms with Crippen molar-refractivity contribution in [3.8, 4) is 0 Å². The van der Waals surface area contributed by atoms with Gasteiger partial charge in [-0.05, 0) is 0 Å². The predicted molar refractivity (Wildman–Crippen MR) is 45.9 cm³/mol. The molecular weight excluding hydrogens is 188 g/mol. The predicted octanol–water partition coefficient (Wildman–Crippen LogP) is -1.43. The summed E-state index contributed by atoms with van der Waals surface area (Å²) in [6, 6.07) is 0. The number of aromatic amines is 2. The number of carbonyl (C=O) groups excluding carboxylic acids is 1. The lowest BCUT2D eigenvalue weighted by molar-refractivity contribution is 0.0295. The Morgan fingerprint density at radius 2 is 2.14 bits per heavy atom. The van der Waals surface area contributed by atoms with Gasteiger partial charge in [-0.3, -0.25) is 9.78 Å². The van der Waals surface area contributed by atoms with Crippen molar-refractivity contribution in [2.24, 2.45) is 0 Å². The second kappa shape index (κ2) is 3.62. The average Bonchev–Trinajstić information content (AvgIpc) is 2.65. The second-order valence-electron chi connectivity index (χ2n) is 2.93. The van der Waals surface area contributed by atoms with E-state index in [2.05, 4.69) is 15.2 Å². The zero-order valence-corrected chi connectivity index (χ0v) is 7.45. The summed E-state index contributed by atoms with van der Waals surface area (Å²) in [5.74, 6) is -0.219. The van der Waals surface area contributed by atoms with E-state index in [1.54, 1.807) is 4.90 Å². The normalized spacial score (nSPS) is 17.0. The van der Waals surface area contributed by atoms with Crippen LogP contribution in [0.4, 0.5) is 0 Å². The average molecular weight is 198 g/mol. The number of morpholine rings is 1. The molecule has 7 nitrogen and oxygen atoms in total. The van der Waals surface area contributed by atoms with E-state index in [9.17, 15) is 9.59 Å². The Morgan fingerprint density at radius 3 is 2.71 bits per heavy atom. The van der Waals surface area contributed by atoms with Gasteiger partial charge in [0, 0.05) is 13.1 Å². The molecule has 76 valence electrons. The third-order valence-electron chi connectivity index (χ3n) is 2.00. The number of hydrogen-bond acceptors (Lipinski definition) is 4. The highest BCUT2D eigenvalue weighted by Crippen LogP contribution is 2.00. The zero-order valence-electron chi connectivity index (χ0n) is 7.45. The SMILES string of the molecule is O=C(c1n[nH]c(=O)[nH]1)N1CCOCC1. The lowest BCUT2D eigenvalue weighted by Gasteiger charge is -2.25. The van der Waals surface area contributed by atoms with Gasteiger partial charge in [-0.1, -0.05) is 0 Å². The Hall–Kier alpha value is -1.63. The Bertz CT molecular complexity index is 376. The molecule has 2 rings (SSSR count). The summed E-state index contributed by atoms with van der Waals surface area (Å²) in [6.07, 6.45) is 0. The van der Waals surface area contributed by atoms with Crippen LogP contribution in [0.25, 0.3) is 0 Å². The Balaban J connectivity index is 2.10. The summed E-state index contributed by atoms with van der Waals surface area (Å²) in [7, 11) is 0. The van der Waals surface area contributed by atoms with E-state index in [0.717, 1.165) is 0 Å². The highest BCUT2D eigenvalue weighted by Gasteiger charge is 2.20. The highest BCUT2D eigenvalue weighted by molar-refractivity contribution is 5.90. The minimum absolute atomic E-state index is 0.0527. The summed E-state index contributed by atoms with van der Waals surface area (Å²) in [5.41, 5.74) is -0.471. The number of nitrogens with one attached hydrogen (secondary N) is 2. The van der Waals surface area contributed by atoms with Crippen LogP contribution in [-0.2, 0) is 4.74 Å². The Labute approximate surface area is 79.1 Å². The molecule has 1 fully saturated rings. The third kappa shape index (κ3) is 1.67. The van der Waals surface area contributed by atoms with Gasteiger partial charge in [0.15, 0.2) is 0 Å². The van der Waals surface area contributed by atoms with Crippen LogP contribution in [0.5, 0.6) is 0 Å².